The zero-order valence-corrected chi connectivity index (χ0v) is 24.8. The van der Waals surface area contributed by atoms with Crippen LogP contribution in [-0.4, -0.2) is 177 Å². The van der Waals surface area contributed by atoms with Crippen LogP contribution in [-0.2, 0) is 34.1 Å². The quantitative estimate of drug-likeness (QED) is 0.100. The fraction of sp³-hybridized carbons (Fsp3) is 0.957. The summed E-state index contributed by atoms with van der Waals surface area (Å²) in [4.78, 5) is 12.4. The largest absolute Gasteiger partial charge is 0.394 e. The summed E-state index contributed by atoms with van der Waals surface area (Å²) in [6, 6.07) is -2.92. The molecule has 0 radical (unpaired) electrons. The Morgan fingerprint density at radius 3 is 2.07 bits per heavy atom. The Morgan fingerprint density at radius 1 is 1.00 bits per heavy atom. The zero-order valence-electron chi connectivity index (χ0n) is 23.9. The van der Waals surface area contributed by atoms with Crippen molar-refractivity contribution in [3.63, 3.8) is 0 Å². The predicted octanol–water partition coefficient (Wildman–Crippen LogP) is -7.54. The smallest absolute Gasteiger partial charge is 0.388 e. The van der Waals surface area contributed by atoms with Gasteiger partial charge in [0.25, 0.3) is 0 Å². The van der Waals surface area contributed by atoms with E-state index < -0.39 is 108 Å². The lowest BCUT2D eigenvalue weighted by Gasteiger charge is -2.49. The minimum absolute atomic E-state index is 0. The number of ether oxygens (including phenoxy) is 4. The Balaban J connectivity index is 0.00000156. The molecule has 45 heavy (non-hydrogen) atoms. The molecule has 3 aliphatic rings. The molecule has 2 heterocycles. The third kappa shape index (κ3) is 10.9. The molecule has 0 aromatic heterocycles. The third-order valence-electron chi connectivity index (χ3n) is 7.50. The second kappa shape index (κ2) is 17.2. The lowest BCUT2D eigenvalue weighted by Crippen LogP contribution is -2.70. The molecule has 1 saturated carbocycles. The van der Waals surface area contributed by atoms with Crippen molar-refractivity contribution in [3.05, 3.63) is 0 Å². The van der Waals surface area contributed by atoms with Gasteiger partial charge in [0.05, 0.1) is 18.7 Å². The summed E-state index contributed by atoms with van der Waals surface area (Å²) in [5.74, 6) is -0.857. The van der Waals surface area contributed by atoms with Crippen LogP contribution < -0.4 is 27.8 Å². The number of nitrogens with one attached hydrogen (secondary N) is 2. The minimum atomic E-state index is -4.67. The van der Waals surface area contributed by atoms with Gasteiger partial charge in [0, 0.05) is 19.1 Å². The van der Waals surface area contributed by atoms with Crippen molar-refractivity contribution < 1.29 is 77.0 Å². The van der Waals surface area contributed by atoms with E-state index in [4.69, 9.17) is 53.7 Å². The molecule has 0 aromatic rings. The first-order chi connectivity index (χ1) is 20.3. The molecule has 3 fully saturated rings. The van der Waals surface area contributed by atoms with E-state index in [-0.39, 0.29) is 33.5 Å². The second-order valence-corrected chi connectivity index (χ2v) is 11.8. The molecule has 3 rings (SSSR count). The van der Waals surface area contributed by atoms with Crippen molar-refractivity contribution in [1.29, 1.82) is 0 Å². The van der Waals surface area contributed by atoms with Crippen LogP contribution in [0.4, 0.5) is 0 Å². The van der Waals surface area contributed by atoms with Crippen LogP contribution in [0.2, 0.25) is 0 Å². The normalized spacial score (nSPS) is 42.8. The zero-order chi connectivity index (χ0) is 33.7. The van der Waals surface area contributed by atoms with Gasteiger partial charge >= 0.3 is 10.4 Å². The number of likely N-dealkylation sites (N-methyl/N-ethyl adjacent to an activating group) is 1. The SMILES string of the molecule is C.CN[C@@H]1[C@@H](O)[C@@H](O[C@@H]2[C@@H](O)[C@H](O[C@H]3O[C@H](CN)[C@@H](O)[C@H](O)[C@H]3O)[C@@H](N)C[C@H]2NC(=O)[C@@H](O)CN)OC[C@]1(C)O.O=S(=O)(O)O. The van der Waals surface area contributed by atoms with Gasteiger partial charge in [-0.25, -0.2) is 0 Å². The van der Waals surface area contributed by atoms with Crippen LogP contribution in [0.15, 0.2) is 0 Å². The molecule has 1 aliphatic carbocycles. The maximum Gasteiger partial charge on any atom is 0.394 e. The van der Waals surface area contributed by atoms with E-state index in [1.54, 1.807) is 0 Å². The fourth-order valence-corrected chi connectivity index (χ4v) is 5.22. The summed E-state index contributed by atoms with van der Waals surface area (Å²) in [6.07, 6.45) is -16.3. The van der Waals surface area contributed by atoms with Crippen LogP contribution in [0.1, 0.15) is 20.8 Å². The van der Waals surface area contributed by atoms with Gasteiger partial charge in [0.15, 0.2) is 12.6 Å². The van der Waals surface area contributed by atoms with Gasteiger partial charge in [0.1, 0.15) is 60.5 Å². The van der Waals surface area contributed by atoms with Gasteiger partial charge in [-0.05, 0) is 20.4 Å². The molecule has 2 aliphatic heterocycles. The van der Waals surface area contributed by atoms with Crippen molar-refractivity contribution in [1.82, 2.24) is 10.6 Å². The molecular weight excluding hydrogens is 634 g/mol. The lowest BCUT2D eigenvalue weighted by molar-refractivity contribution is -0.330. The third-order valence-corrected chi connectivity index (χ3v) is 7.50. The van der Waals surface area contributed by atoms with Gasteiger partial charge in [-0.1, -0.05) is 7.43 Å². The number of aliphatic hydroxyl groups is 7. The molecule has 1 amide bonds. The summed E-state index contributed by atoms with van der Waals surface area (Å²) >= 11 is 0. The van der Waals surface area contributed by atoms with Crippen molar-refractivity contribution in [2.24, 2.45) is 17.2 Å². The second-order valence-electron chi connectivity index (χ2n) is 10.9. The average molecular weight is 684 g/mol. The van der Waals surface area contributed by atoms with Crippen molar-refractivity contribution >= 4 is 16.3 Å². The number of nitrogens with two attached hydrogens (primary N) is 3. The van der Waals surface area contributed by atoms with E-state index in [2.05, 4.69) is 10.6 Å². The summed E-state index contributed by atoms with van der Waals surface area (Å²) < 4.78 is 54.3. The Morgan fingerprint density at radius 2 is 1.56 bits per heavy atom. The first-order valence-corrected chi connectivity index (χ1v) is 14.9. The summed E-state index contributed by atoms with van der Waals surface area (Å²) in [5, 5.41) is 78.5. The standard InChI is InChI=1S/C22H43N5O12.CH4.H2O4S/c1-22(35)6-36-20(15(33)18(22)26-2)39-17-8(27-19(34)9(28)4-23)3-7(25)16(14(17)32)38-21-13(31)12(30)11(29)10(5-24)37-21;;1-5(2,3)4/h7-18,20-21,26,28-33,35H,3-6,23-25H2,1-2H3,(H,27,34);1H4;(H2,1,2,3,4)/t7-,8+,9-,10+,11+,12-,13+,14-,15+,16+,17-,18+,20+,21+,22-;;/m0../s1. The monoisotopic (exact) mass is 683 g/mol. The van der Waals surface area contributed by atoms with Gasteiger partial charge in [-0.2, -0.15) is 8.42 Å². The molecule has 17 N–H and O–H groups in total. The molecule has 0 unspecified atom stereocenters. The van der Waals surface area contributed by atoms with E-state index in [1.807, 2.05) is 0 Å². The molecule has 0 spiro atoms. The molecule has 2 saturated heterocycles. The van der Waals surface area contributed by atoms with Gasteiger partial charge < -0.3 is 82.5 Å². The number of carbonyl (C=O) groups excluding carboxylic acids is 1. The van der Waals surface area contributed by atoms with Crippen molar-refractivity contribution in [2.75, 3.05) is 26.7 Å². The highest BCUT2D eigenvalue weighted by Crippen LogP contribution is 2.32. The van der Waals surface area contributed by atoms with E-state index in [9.17, 15) is 40.5 Å². The Hall–Kier alpha value is -1.26. The highest BCUT2D eigenvalue weighted by molar-refractivity contribution is 7.79. The van der Waals surface area contributed by atoms with E-state index in [0.717, 1.165) is 0 Å². The first-order valence-electron chi connectivity index (χ1n) is 13.5. The maximum atomic E-state index is 12.4. The van der Waals surface area contributed by atoms with Crippen molar-refractivity contribution in [2.45, 2.75) is 112 Å². The first kappa shape index (κ1) is 41.8. The van der Waals surface area contributed by atoms with Gasteiger partial charge in [0.2, 0.25) is 5.91 Å². The van der Waals surface area contributed by atoms with Crippen LogP contribution in [0.25, 0.3) is 0 Å². The highest BCUT2D eigenvalue weighted by Gasteiger charge is 2.53. The summed E-state index contributed by atoms with van der Waals surface area (Å²) in [6.45, 7) is 0.634. The lowest BCUT2D eigenvalue weighted by atomic mass is 9.83. The van der Waals surface area contributed by atoms with E-state index >= 15 is 0 Å². The fourth-order valence-electron chi connectivity index (χ4n) is 5.22. The topological polar surface area (TPSA) is 372 Å². The minimum Gasteiger partial charge on any atom is -0.388 e. The molecule has 0 bridgehead atoms. The van der Waals surface area contributed by atoms with Gasteiger partial charge in [-0.3, -0.25) is 13.9 Å². The molecule has 21 nitrogen and oxygen atoms in total. The highest BCUT2D eigenvalue weighted by atomic mass is 32.3. The Bertz CT molecular complexity index is 1020. The van der Waals surface area contributed by atoms with E-state index in [1.165, 1.54) is 14.0 Å². The van der Waals surface area contributed by atoms with E-state index in [0.29, 0.717) is 0 Å². The average Bonchev–Trinajstić information content (AvgIpc) is 2.92. The molecule has 268 valence electrons. The Labute approximate surface area is 260 Å². The molecule has 15 atom stereocenters. The molecular formula is C23H49N5O16S. The molecule has 0 aromatic carbocycles. The number of rotatable bonds is 9. The summed E-state index contributed by atoms with van der Waals surface area (Å²) in [7, 11) is -3.14. The number of aliphatic hydroxyl groups excluding tert-OH is 6. The number of carbonyl (C=O) groups is 1. The maximum absolute atomic E-state index is 12.4. The molecule has 22 heteroatoms. The van der Waals surface area contributed by atoms with Crippen LogP contribution in [0.5, 0.6) is 0 Å². The van der Waals surface area contributed by atoms with Gasteiger partial charge in [-0.15, -0.1) is 0 Å². The van der Waals surface area contributed by atoms with Crippen LogP contribution in [0, 0.1) is 0 Å². The number of hydrogen-bond acceptors (Lipinski definition) is 18. The number of amides is 1. The van der Waals surface area contributed by atoms with Crippen LogP contribution in [0.3, 0.4) is 0 Å². The van der Waals surface area contributed by atoms with Crippen LogP contribution >= 0.6 is 0 Å². The number of hydrogen-bond donors (Lipinski definition) is 14. The summed E-state index contributed by atoms with van der Waals surface area (Å²) in [5.41, 5.74) is 15.8. The predicted molar refractivity (Wildman–Crippen MR) is 151 cm³/mol. The Kier molecular flexibility index (Phi) is 16.0. The van der Waals surface area contributed by atoms with Crippen molar-refractivity contribution in [3.8, 4) is 0 Å².